The summed E-state index contributed by atoms with van der Waals surface area (Å²) in [4.78, 5) is 12.7. The minimum absolute atomic E-state index is 0.0103. The summed E-state index contributed by atoms with van der Waals surface area (Å²) < 4.78 is 5.16. The fourth-order valence-corrected chi connectivity index (χ4v) is 5.33. The van der Waals surface area contributed by atoms with Crippen LogP contribution in [0, 0.1) is 16.7 Å². The molecule has 3 atom stereocenters. The van der Waals surface area contributed by atoms with Crippen molar-refractivity contribution >= 4 is 5.78 Å². The molecular formula is C20H28O3. The molecule has 3 nitrogen and oxygen atoms in total. The lowest BCUT2D eigenvalue weighted by molar-refractivity contribution is -0.140. The van der Waals surface area contributed by atoms with Crippen molar-refractivity contribution < 1.29 is 14.3 Å². The third-order valence-electron chi connectivity index (χ3n) is 6.39. The van der Waals surface area contributed by atoms with E-state index in [1.54, 1.807) is 12.5 Å². The number of carbonyl (C=O) groups is 1. The fraction of sp³-hybridized carbons (Fsp3) is 0.650. The molecule has 0 saturated heterocycles. The highest BCUT2D eigenvalue weighted by atomic mass is 16.3. The standard InChI is InChI=1S/C20H28O3/c1-13-15(7-6-14-8-11-23-12-14)20(4)10-5-9-19(2,3)18(20)17(22)16(13)21/h8,11-12,17-18,22H,5-7,9-10H2,1-4H3. The molecule has 2 aliphatic rings. The minimum atomic E-state index is -0.854. The van der Waals surface area contributed by atoms with Crippen LogP contribution in [-0.4, -0.2) is 17.0 Å². The number of aryl methyl sites for hydroxylation is 1. The first-order valence-electron chi connectivity index (χ1n) is 8.71. The van der Waals surface area contributed by atoms with E-state index in [4.69, 9.17) is 4.42 Å². The van der Waals surface area contributed by atoms with Gasteiger partial charge in [-0.3, -0.25) is 4.79 Å². The van der Waals surface area contributed by atoms with Crippen molar-refractivity contribution in [1.29, 1.82) is 0 Å². The summed E-state index contributed by atoms with van der Waals surface area (Å²) in [5.74, 6) is -0.0519. The van der Waals surface area contributed by atoms with E-state index in [-0.39, 0.29) is 22.5 Å². The Morgan fingerprint density at radius 2 is 2.00 bits per heavy atom. The monoisotopic (exact) mass is 316 g/mol. The molecule has 3 unspecified atom stereocenters. The number of rotatable bonds is 3. The molecule has 0 amide bonds. The second-order valence-electron chi connectivity index (χ2n) is 8.28. The SMILES string of the molecule is CC1=C(CCc2ccoc2)C2(C)CCCC(C)(C)C2C(O)C1=O. The minimum Gasteiger partial charge on any atom is -0.472 e. The first-order valence-corrected chi connectivity index (χ1v) is 8.71. The van der Waals surface area contributed by atoms with Gasteiger partial charge < -0.3 is 9.52 Å². The summed E-state index contributed by atoms with van der Waals surface area (Å²) in [5, 5.41) is 10.7. The number of aliphatic hydroxyl groups excluding tert-OH is 1. The number of hydrogen-bond acceptors (Lipinski definition) is 3. The lowest BCUT2D eigenvalue weighted by Crippen LogP contribution is -2.55. The maximum atomic E-state index is 12.7. The normalized spacial score (nSPS) is 33.7. The summed E-state index contributed by atoms with van der Waals surface area (Å²) in [6.07, 6.45) is 7.66. The van der Waals surface area contributed by atoms with Gasteiger partial charge in [-0.2, -0.15) is 0 Å². The van der Waals surface area contributed by atoms with Gasteiger partial charge in [0.25, 0.3) is 0 Å². The zero-order valence-corrected chi connectivity index (χ0v) is 14.7. The molecule has 126 valence electrons. The molecule has 0 radical (unpaired) electrons. The maximum absolute atomic E-state index is 12.7. The highest BCUT2D eigenvalue weighted by molar-refractivity contribution is 6.00. The van der Waals surface area contributed by atoms with E-state index in [1.165, 1.54) is 11.1 Å². The largest absolute Gasteiger partial charge is 0.472 e. The molecule has 3 heteroatoms. The Kier molecular flexibility index (Phi) is 4.04. The van der Waals surface area contributed by atoms with E-state index in [0.29, 0.717) is 0 Å². The molecule has 1 heterocycles. The number of fused-ring (bicyclic) bond motifs is 1. The van der Waals surface area contributed by atoms with Crippen LogP contribution in [0.5, 0.6) is 0 Å². The van der Waals surface area contributed by atoms with Crippen molar-refractivity contribution in [2.45, 2.75) is 65.9 Å². The molecular weight excluding hydrogens is 288 g/mol. The molecule has 3 rings (SSSR count). The summed E-state index contributed by atoms with van der Waals surface area (Å²) >= 11 is 0. The van der Waals surface area contributed by atoms with Gasteiger partial charge in [0.2, 0.25) is 0 Å². The zero-order chi connectivity index (χ0) is 16.8. The van der Waals surface area contributed by atoms with E-state index >= 15 is 0 Å². The van der Waals surface area contributed by atoms with Crippen LogP contribution >= 0.6 is 0 Å². The number of furan rings is 1. The zero-order valence-electron chi connectivity index (χ0n) is 14.7. The molecule has 23 heavy (non-hydrogen) atoms. The van der Waals surface area contributed by atoms with Gasteiger partial charge in [0.15, 0.2) is 5.78 Å². The van der Waals surface area contributed by atoms with Gasteiger partial charge in [-0.05, 0) is 60.6 Å². The lowest BCUT2D eigenvalue weighted by atomic mass is 9.48. The van der Waals surface area contributed by atoms with Crippen molar-refractivity contribution in [3.05, 3.63) is 35.3 Å². The van der Waals surface area contributed by atoms with Crippen LogP contribution in [0.1, 0.15) is 58.9 Å². The third kappa shape index (κ3) is 2.59. The number of carbonyl (C=O) groups excluding carboxylic acids is 1. The van der Waals surface area contributed by atoms with Crippen LogP contribution in [0.2, 0.25) is 0 Å². The average molecular weight is 316 g/mol. The molecule has 1 aromatic heterocycles. The van der Waals surface area contributed by atoms with Gasteiger partial charge in [0.1, 0.15) is 6.10 Å². The average Bonchev–Trinajstić information content (AvgIpc) is 2.97. The Balaban J connectivity index is 1.99. The summed E-state index contributed by atoms with van der Waals surface area (Å²) in [7, 11) is 0. The number of ketones is 1. The quantitative estimate of drug-likeness (QED) is 0.904. The van der Waals surface area contributed by atoms with E-state index < -0.39 is 6.10 Å². The number of aliphatic hydroxyl groups is 1. The van der Waals surface area contributed by atoms with Crippen LogP contribution in [0.4, 0.5) is 0 Å². The predicted octanol–water partition coefficient (Wildman–Crippen LogP) is 4.30. The third-order valence-corrected chi connectivity index (χ3v) is 6.39. The second-order valence-corrected chi connectivity index (χ2v) is 8.28. The summed E-state index contributed by atoms with van der Waals surface area (Å²) in [6, 6.07) is 1.99. The molecule has 2 aliphatic carbocycles. The van der Waals surface area contributed by atoms with Crippen molar-refractivity contribution in [2.24, 2.45) is 16.7 Å². The number of hydrogen-bond donors (Lipinski definition) is 1. The van der Waals surface area contributed by atoms with Gasteiger partial charge in [0.05, 0.1) is 12.5 Å². The van der Waals surface area contributed by atoms with Gasteiger partial charge in [-0.15, -0.1) is 0 Å². The van der Waals surface area contributed by atoms with E-state index in [2.05, 4.69) is 20.8 Å². The number of Topliss-reactive ketones (excluding diaryl/α,β-unsaturated/α-hetero) is 1. The van der Waals surface area contributed by atoms with Crippen LogP contribution in [0.25, 0.3) is 0 Å². The molecule has 0 bridgehead atoms. The highest BCUT2D eigenvalue weighted by Crippen LogP contribution is 2.59. The highest BCUT2D eigenvalue weighted by Gasteiger charge is 2.56. The van der Waals surface area contributed by atoms with Gasteiger partial charge >= 0.3 is 0 Å². The smallest absolute Gasteiger partial charge is 0.187 e. The predicted molar refractivity (Wildman–Crippen MR) is 90.0 cm³/mol. The molecule has 0 spiro atoms. The van der Waals surface area contributed by atoms with Crippen molar-refractivity contribution in [3.63, 3.8) is 0 Å². The molecule has 1 saturated carbocycles. The molecule has 1 aromatic rings. The maximum Gasteiger partial charge on any atom is 0.187 e. The molecule has 0 aromatic carbocycles. The Morgan fingerprint density at radius 1 is 1.26 bits per heavy atom. The van der Waals surface area contributed by atoms with Crippen molar-refractivity contribution in [2.75, 3.05) is 0 Å². The van der Waals surface area contributed by atoms with Crippen LogP contribution in [-0.2, 0) is 11.2 Å². The van der Waals surface area contributed by atoms with Crippen LogP contribution < -0.4 is 0 Å². The Labute approximate surface area is 138 Å². The van der Waals surface area contributed by atoms with Crippen molar-refractivity contribution in [1.82, 2.24) is 0 Å². The fourth-order valence-electron chi connectivity index (χ4n) is 5.33. The summed E-state index contributed by atoms with van der Waals surface area (Å²) in [6.45, 7) is 8.58. The Bertz CT molecular complexity index is 623. The van der Waals surface area contributed by atoms with E-state index in [0.717, 1.165) is 37.7 Å². The number of allylic oxidation sites excluding steroid dienone is 1. The Morgan fingerprint density at radius 3 is 2.65 bits per heavy atom. The first-order chi connectivity index (χ1) is 10.8. The van der Waals surface area contributed by atoms with Gasteiger partial charge in [0, 0.05) is 5.92 Å². The second kappa shape index (κ2) is 5.62. The van der Waals surface area contributed by atoms with Crippen molar-refractivity contribution in [3.8, 4) is 0 Å². The van der Waals surface area contributed by atoms with Crippen LogP contribution in [0.15, 0.2) is 34.2 Å². The first kappa shape index (κ1) is 16.5. The van der Waals surface area contributed by atoms with Gasteiger partial charge in [-0.1, -0.05) is 32.8 Å². The topological polar surface area (TPSA) is 50.4 Å². The van der Waals surface area contributed by atoms with Gasteiger partial charge in [-0.25, -0.2) is 0 Å². The Hall–Kier alpha value is -1.35. The lowest BCUT2D eigenvalue weighted by Gasteiger charge is -2.56. The van der Waals surface area contributed by atoms with E-state index in [1.807, 2.05) is 13.0 Å². The van der Waals surface area contributed by atoms with E-state index in [9.17, 15) is 9.90 Å². The summed E-state index contributed by atoms with van der Waals surface area (Å²) in [5.41, 5.74) is 3.12. The molecule has 1 fully saturated rings. The van der Waals surface area contributed by atoms with Crippen LogP contribution in [0.3, 0.4) is 0 Å². The molecule has 0 aliphatic heterocycles. The molecule has 1 N–H and O–H groups in total.